The van der Waals surface area contributed by atoms with Gasteiger partial charge in [-0.1, -0.05) is 0 Å². The highest BCUT2D eigenvalue weighted by atomic mass is 32.2. The molecule has 3 N–H and O–H groups in total. The zero-order chi connectivity index (χ0) is 13.2. The van der Waals surface area contributed by atoms with Crippen LogP contribution in [0.2, 0.25) is 0 Å². The first-order valence-electron chi connectivity index (χ1n) is 5.02. The van der Waals surface area contributed by atoms with Crippen LogP contribution in [0.15, 0.2) is 35.5 Å². The summed E-state index contributed by atoms with van der Waals surface area (Å²) >= 11 is 0. The molecule has 1 aromatic heterocycles. The van der Waals surface area contributed by atoms with E-state index in [4.69, 9.17) is 5.73 Å². The van der Waals surface area contributed by atoms with Gasteiger partial charge in [0.25, 0.3) is 16.0 Å². The Balaban J connectivity index is 2.34. The van der Waals surface area contributed by atoms with Crippen LogP contribution in [0, 0.1) is 6.92 Å². The molecule has 0 aliphatic carbocycles. The fraction of sp³-hybridized carbons (Fsp3) is 0.100. The van der Waals surface area contributed by atoms with E-state index in [2.05, 4.69) is 19.9 Å². The van der Waals surface area contributed by atoms with Crippen LogP contribution in [0.3, 0.4) is 0 Å². The molecule has 1 heterocycles. The Labute approximate surface area is 104 Å². The Bertz CT molecular complexity index is 657. The van der Waals surface area contributed by atoms with Crippen LogP contribution < -0.4 is 10.5 Å². The van der Waals surface area contributed by atoms with Crippen molar-refractivity contribution in [1.82, 2.24) is 15.2 Å². The van der Waals surface area contributed by atoms with Gasteiger partial charge in [-0.3, -0.25) is 0 Å². The maximum absolute atomic E-state index is 12.0. The third-order valence-corrected chi connectivity index (χ3v) is 3.59. The molecule has 2 aromatic rings. The Hall–Kier alpha value is -2.22. The van der Waals surface area contributed by atoms with Crippen LogP contribution in [-0.2, 0) is 10.0 Å². The highest BCUT2D eigenvalue weighted by Crippen LogP contribution is 2.18. The number of hydrogen-bond donors (Lipinski definition) is 2. The van der Waals surface area contributed by atoms with Crippen LogP contribution in [0.5, 0.6) is 0 Å². The van der Waals surface area contributed by atoms with Crippen molar-refractivity contribution in [3.05, 3.63) is 36.2 Å². The minimum Gasteiger partial charge on any atom is -0.399 e. The molecule has 0 spiro atoms. The molecule has 0 fully saturated rings. The number of anilines is 2. The van der Waals surface area contributed by atoms with E-state index in [0.29, 0.717) is 11.3 Å². The highest BCUT2D eigenvalue weighted by molar-refractivity contribution is 7.92. The molecule has 0 amide bonds. The molecule has 0 bridgehead atoms. The topological polar surface area (TPSA) is 111 Å². The lowest BCUT2D eigenvalue weighted by Gasteiger charge is -2.07. The van der Waals surface area contributed by atoms with E-state index in [-0.39, 0.29) is 10.8 Å². The van der Waals surface area contributed by atoms with E-state index >= 15 is 0 Å². The van der Waals surface area contributed by atoms with Crippen molar-refractivity contribution in [3.8, 4) is 0 Å². The number of rotatable bonds is 3. The van der Waals surface area contributed by atoms with E-state index in [9.17, 15) is 8.42 Å². The molecular weight excluding hydrogens is 254 g/mol. The summed E-state index contributed by atoms with van der Waals surface area (Å²) in [5.74, 6) is -0.0769. The van der Waals surface area contributed by atoms with Gasteiger partial charge in [-0.2, -0.15) is 5.10 Å². The lowest BCUT2D eigenvalue weighted by Crippen LogP contribution is -2.15. The minimum atomic E-state index is -3.72. The largest absolute Gasteiger partial charge is 0.399 e. The highest BCUT2D eigenvalue weighted by Gasteiger charge is 2.16. The molecule has 94 valence electrons. The fourth-order valence-corrected chi connectivity index (χ4v) is 2.32. The minimum absolute atomic E-state index is 0.0769. The summed E-state index contributed by atoms with van der Waals surface area (Å²) in [6.45, 7) is 1.73. The lowest BCUT2D eigenvalue weighted by atomic mass is 10.2. The second-order valence-corrected chi connectivity index (χ2v) is 5.27. The summed E-state index contributed by atoms with van der Waals surface area (Å²) < 4.78 is 26.2. The molecule has 0 atom stereocenters. The zero-order valence-electron chi connectivity index (χ0n) is 9.53. The second kappa shape index (κ2) is 4.57. The summed E-state index contributed by atoms with van der Waals surface area (Å²) in [6, 6.07) is 4.43. The molecule has 0 aliphatic rings. The van der Waals surface area contributed by atoms with Gasteiger partial charge in [0.2, 0.25) is 0 Å². The molecule has 0 saturated carbocycles. The summed E-state index contributed by atoms with van der Waals surface area (Å²) in [5.41, 5.74) is 6.85. The predicted molar refractivity (Wildman–Crippen MR) is 66.2 cm³/mol. The van der Waals surface area contributed by atoms with Crippen molar-refractivity contribution in [3.63, 3.8) is 0 Å². The third kappa shape index (κ3) is 2.54. The van der Waals surface area contributed by atoms with Crippen LogP contribution in [-0.4, -0.2) is 23.6 Å². The maximum atomic E-state index is 12.0. The normalized spacial score (nSPS) is 11.2. The summed E-state index contributed by atoms with van der Waals surface area (Å²) in [4.78, 5) is 3.84. The van der Waals surface area contributed by atoms with Gasteiger partial charge in [-0.15, -0.1) is 5.10 Å². The number of nitrogens with one attached hydrogen (secondary N) is 1. The van der Waals surface area contributed by atoms with Crippen molar-refractivity contribution in [2.45, 2.75) is 11.8 Å². The van der Waals surface area contributed by atoms with Crippen molar-refractivity contribution >= 4 is 21.7 Å². The molecule has 1 aromatic carbocycles. The van der Waals surface area contributed by atoms with E-state index in [1.807, 2.05) is 0 Å². The fourth-order valence-electron chi connectivity index (χ4n) is 1.29. The smallest absolute Gasteiger partial charge is 0.264 e. The summed E-state index contributed by atoms with van der Waals surface area (Å²) in [6.07, 6.45) is 2.70. The standard InChI is InChI=1S/C10H11N5O2S/c1-7-6-8(2-3-9(7)11)18(16,17)15-10-12-4-5-13-14-10/h2-6H,11H2,1H3,(H,12,14,15). The van der Waals surface area contributed by atoms with Gasteiger partial charge < -0.3 is 5.73 Å². The average Bonchev–Trinajstić information content (AvgIpc) is 2.33. The molecule has 18 heavy (non-hydrogen) atoms. The van der Waals surface area contributed by atoms with Crippen LogP contribution in [0.25, 0.3) is 0 Å². The van der Waals surface area contributed by atoms with Crippen molar-refractivity contribution < 1.29 is 8.42 Å². The Morgan fingerprint density at radius 3 is 2.67 bits per heavy atom. The molecule has 0 radical (unpaired) electrons. The molecule has 0 aliphatic heterocycles. The molecule has 0 saturated heterocycles. The van der Waals surface area contributed by atoms with Crippen LogP contribution in [0.1, 0.15) is 5.56 Å². The number of benzene rings is 1. The Kier molecular flexibility index (Phi) is 3.11. The SMILES string of the molecule is Cc1cc(S(=O)(=O)Nc2nccnn2)ccc1N. The number of nitrogens with two attached hydrogens (primary N) is 1. The number of sulfonamides is 1. The first-order chi connectivity index (χ1) is 8.49. The monoisotopic (exact) mass is 265 g/mol. The first-order valence-corrected chi connectivity index (χ1v) is 6.50. The number of hydrogen-bond acceptors (Lipinski definition) is 6. The third-order valence-electron chi connectivity index (χ3n) is 2.26. The van der Waals surface area contributed by atoms with Gasteiger partial charge in [-0.05, 0) is 30.7 Å². The number of nitrogens with zero attached hydrogens (tertiary/aromatic N) is 3. The summed E-state index contributed by atoms with van der Waals surface area (Å²) in [7, 11) is -3.72. The quantitative estimate of drug-likeness (QED) is 0.784. The molecule has 0 unspecified atom stereocenters. The van der Waals surface area contributed by atoms with Gasteiger partial charge >= 0.3 is 0 Å². The van der Waals surface area contributed by atoms with Crippen molar-refractivity contribution in [1.29, 1.82) is 0 Å². The second-order valence-electron chi connectivity index (χ2n) is 3.59. The Morgan fingerprint density at radius 2 is 2.06 bits per heavy atom. The summed E-state index contributed by atoms with van der Waals surface area (Å²) in [5, 5.41) is 7.09. The zero-order valence-corrected chi connectivity index (χ0v) is 10.3. The molecule has 8 heteroatoms. The average molecular weight is 265 g/mol. The van der Waals surface area contributed by atoms with Crippen molar-refractivity contribution in [2.24, 2.45) is 0 Å². The number of nitrogen functional groups attached to an aromatic ring is 1. The Morgan fingerprint density at radius 1 is 1.28 bits per heavy atom. The first kappa shape index (κ1) is 12.2. The van der Waals surface area contributed by atoms with Gasteiger partial charge in [0.15, 0.2) is 0 Å². The van der Waals surface area contributed by atoms with E-state index in [0.717, 1.165) is 0 Å². The van der Waals surface area contributed by atoms with Gasteiger partial charge in [0.1, 0.15) is 0 Å². The van der Waals surface area contributed by atoms with Gasteiger partial charge in [0.05, 0.1) is 17.3 Å². The van der Waals surface area contributed by atoms with Crippen LogP contribution in [0.4, 0.5) is 11.6 Å². The van der Waals surface area contributed by atoms with E-state index in [1.54, 1.807) is 6.92 Å². The van der Waals surface area contributed by atoms with Crippen LogP contribution >= 0.6 is 0 Å². The molecule has 7 nitrogen and oxygen atoms in total. The number of aryl methyl sites for hydroxylation is 1. The number of aromatic nitrogens is 3. The predicted octanol–water partition coefficient (Wildman–Crippen LogP) is 0.563. The molecular formula is C10H11N5O2S. The lowest BCUT2D eigenvalue weighted by molar-refractivity contribution is 0.600. The van der Waals surface area contributed by atoms with Gasteiger partial charge in [-0.25, -0.2) is 18.1 Å². The van der Waals surface area contributed by atoms with Crippen molar-refractivity contribution in [2.75, 3.05) is 10.5 Å². The van der Waals surface area contributed by atoms with Gasteiger partial charge in [0, 0.05) is 5.69 Å². The maximum Gasteiger partial charge on any atom is 0.264 e. The van der Waals surface area contributed by atoms with E-state index < -0.39 is 10.0 Å². The molecule has 2 rings (SSSR count). The van der Waals surface area contributed by atoms with E-state index in [1.165, 1.54) is 30.6 Å².